The first kappa shape index (κ1) is 14.6. The maximum atomic E-state index is 5.76. The van der Waals surface area contributed by atoms with Gasteiger partial charge in [0.25, 0.3) is 0 Å². The van der Waals surface area contributed by atoms with Gasteiger partial charge in [0.05, 0.1) is 12.3 Å². The van der Waals surface area contributed by atoms with Crippen LogP contribution in [0.25, 0.3) is 0 Å². The van der Waals surface area contributed by atoms with Gasteiger partial charge in [-0.05, 0) is 50.6 Å². The van der Waals surface area contributed by atoms with Gasteiger partial charge in [0, 0.05) is 19.3 Å². The number of hydrogen-bond donors (Lipinski definition) is 1. The number of aryl methyl sites for hydroxylation is 1. The average molecular weight is 273 g/mol. The number of ether oxygens (including phenoxy) is 1. The lowest BCUT2D eigenvalue weighted by atomic mass is 10.0. The van der Waals surface area contributed by atoms with E-state index in [4.69, 9.17) is 4.74 Å². The van der Waals surface area contributed by atoms with Crippen LogP contribution in [0.2, 0.25) is 0 Å². The molecule has 4 nitrogen and oxygen atoms in total. The second-order valence-corrected chi connectivity index (χ2v) is 5.31. The summed E-state index contributed by atoms with van der Waals surface area (Å²) in [4.78, 5) is 0. The van der Waals surface area contributed by atoms with Gasteiger partial charge in [-0.25, -0.2) is 0 Å². The molecule has 0 spiro atoms. The molecule has 1 heterocycles. The molecule has 0 fully saturated rings. The van der Waals surface area contributed by atoms with Crippen LogP contribution in [0.3, 0.4) is 0 Å². The first-order valence-electron chi connectivity index (χ1n) is 7.00. The number of nitrogens with zero attached hydrogens (tertiary/aromatic N) is 2. The van der Waals surface area contributed by atoms with Crippen molar-refractivity contribution in [2.75, 3.05) is 7.05 Å². The van der Waals surface area contributed by atoms with E-state index >= 15 is 0 Å². The van der Waals surface area contributed by atoms with Gasteiger partial charge in [0.1, 0.15) is 5.75 Å². The van der Waals surface area contributed by atoms with E-state index in [0.29, 0.717) is 0 Å². The summed E-state index contributed by atoms with van der Waals surface area (Å²) >= 11 is 0. The van der Waals surface area contributed by atoms with Crippen LogP contribution in [0.5, 0.6) is 5.75 Å². The summed E-state index contributed by atoms with van der Waals surface area (Å²) in [5, 5.41) is 7.58. The van der Waals surface area contributed by atoms with E-state index in [1.54, 1.807) is 0 Å². The zero-order valence-corrected chi connectivity index (χ0v) is 12.6. The highest BCUT2D eigenvalue weighted by molar-refractivity contribution is 5.31. The minimum Gasteiger partial charge on any atom is -0.491 e. The van der Waals surface area contributed by atoms with Crippen molar-refractivity contribution in [3.63, 3.8) is 0 Å². The van der Waals surface area contributed by atoms with Gasteiger partial charge in [-0.1, -0.05) is 12.1 Å². The van der Waals surface area contributed by atoms with Crippen molar-refractivity contribution < 1.29 is 4.74 Å². The monoisotopic (exact) mass is 273 g/mol. The lowest BCUT2D eigenvalue weighted by Crippen LogP contribution is -2.19. The summed E-state index contributed by atoms with van der Waals surface area (Å²) in [5.74, 6) is 0.920. The smallest absolute Gasteiger partial charge is 0.120 e. The van der Waals surface area contributed by atoms with E-state index in [0.717, 1.165) is 12.2 Å². The Morgan fingerprint density at radius 3 is 2.75 bits per heavy atom. The highest BCUT2D eigenvalue weighted by Gasteiger charge is 2.12. The predicted octanol–water partition coefficient (Wildman–Crippen LogP) is 2.71. The second kappa shape index (κ2) is 6.57. The van der Waals surface area contributed by atoms with Crippen LogP contribution in [0, 0.1) is 0 Å². The van der Waals surface area contributed by atoms with Crippen molar-refractivity contribution in [1.29, 1.82) is 0 Å². The van der Waals surface area contributed by atoms with E-state index in [9.17, 15) is 0 Å². The van der Waals surface area contributed by atoms with Gasteiger partial charge in [-0.15, -0.1) is 0 Å². The Balaban J connectivity index is 2.14. The molecule has 1 aromatic heterocycles. The number of hydrogen-bond acceptors (Lipinski definition) is 3. The van der Waals surface area contributed by atoms with Crippen molar-refractivity contribution in [3.8, 4) is 5.75 Å². The van der Waals surface area contributed by atoms with E-state index in [-0.39, 0.29) is 12.1 Å². The lowest BCUT2D eigenvalue weighted by Gasteiger charge is -2.17. The molecule has 2 rings (SSSR count). The molecule has 20 heavy (non-hydrogen) atoms. The average Bonchev–Trinajstić information content (AvgIpc) is 2.81. The lowest BCUT2D eigenvalue weighted by molar-refractivity contribution is 0.242. The SMILES string of the molecule is CNC(Cc1cnn(C)c1)c1cccc(OC(C)C)c1. The first-order valence-corrected chi connectivity index (χ1v) is 7.00. The van der Waals surface area contributed by atoms with Crippen LogP contribution < -0.4 is 10.1 Å². The molecule has 0 saturated carbocycles. The molecular formula is C16H23N3O. The summed E-state index contributed by atoms with van der Waals surface area (Å²) in [6.45, 7) is 4.08. The summed E-state index contributed by atoms with van der Waals surface area (Å²) in [7, 11) is 3.92. The number of benzene rings is 1. The van der Waals surface area contributed by atoms with Gasteiger partial charge >= 0.3 is 0 Å². The molecule has 1 unspecified atom stereocenters. The molecule has 0 aliphatic carbocycles. The molecule has 2 aromatic rings. The van der Waals surface area contributed by atoms with E-state index in [1.807, 2.05) is 51.0 Å². The molecule has 0 radical (unpaired) electrons. The van der Waals surface area contributed by atoms with E-state index in [2.05, 4.69) is 28.7 Å². The Bertz CT molecular complexity index is 548. The van der Waals surface area contributed by atoms with E-state index in [1.165, 1.54) is 11.1 Å². The van der Waals surface area contributed by atoms with Crippen molar-refractivity contribution >= 4 is 0 Å². The first-order chi connectivity index (χ1) is 9.58. The predicted molar refractivity (Wildman–Crippen MR) is 80.9 cm³/mol. The third kappa shape index (κ3) is 3.84. The fraction of sp³-hybridized carbons (Fsp3) is 0.438. The minimum atomic E-state index is 0.191. The van der Waals surface area contributed by atoms with Crippen molar-refractivity contribution in [2.45, 2.75) is 32.4 Å². The van der Waals surface area contributed by atoms with Crippen LogP contribution in [0.4, 0.5) is 0 Å². The van der Waals surface area contributed by atoms with E-state index < -0.39 is 0 Å². The zero-order valence-electron chi connectivity index (χ0n) is 12.6. The summed E-state index contributed by atoms with van der Waals surface area (Å²) in [5.41, 5.74) is 2.46. The number of likely N-dealkylation sites (N-methyl/N-ethyl adjacent to an activating group) is 1. The topological polar surface area (TPSA) is 39.1 Å². The Labute approximate surface area is 120 Å². The Morgan fingerprint density at radius 2 is 2.15 bits per heavy atom. The van der Waals surface area contributed by atoms with Crippen LogP contribution in [-0.4, -0.2) is 22.9 Å². The normalized spacial score (nSPS) is 12.7. The maximum absolute atomic E-state index is 5.76. The molecule has 1 aromatic carbocycles. The van der Waals surface area contributed by atoms with Crippen molar-refractivity contribution in [3.05, 3.63) is 47.8 Å². The highest BCUT2D eigenvalue weighted by atomic mass is 16.5. The van der Waals surface area contributed by atoms with Gasteiger partial charge in [-0.3, -0.25) is 4.68 Å². The molecule has 0 aliphatic rings. The molecule has 0 bridgehead atoms. The van der Waals surface area contributed by atoms with Gasteiger partial charge in [-0.2, -0.15) is 5.10 Å². The molecule has 108 valence electrons. The number of nitrogens with one attached hydrogen (secondary N) is 1. The largest absolute Gasteiger partial charge is 0.491 e. The molecule has 1 N–H and O–H groups in total. The summed E-state index contributed by atoms with van der Waals surface area (Å²) in [6.07, 6.45) is 5.07. The van der Waals surface area contributed by atoms with Crippen LogP contribution in [-0.2, 0) is 13.5 Å². The fourth-order valence-electron chi connectivity index (χ4n) is 2.28. The van der Waals surface area contributed by atoms with Crippen molar-refractivity contribution in [2.24, 2.45) is 7.05 Å². The molecule has 4 heteroatoms. The third-order valence-electron chi connectivity index (χ3n) is 3.18. The van der Waals surface area contributed by atoms with Gasteiger partial charge in [0.2, 0.25) is 0 Å². The molecule has 0 saturated heterocycles. The maximum Gasteiger partial charge on any atom is 0.120 e. The standard InChI is InChI=1S/C16H23N3O/c1-12(2)20-15-7-5-6-14(9-15)16(17-3)8-13-10-18-19(4)11-13/h5-7,9-12,16-17H,8H2,1-4H3. The fourth-order valence-corrected chi connectivity index (χ4v) is 2.28. The van der Waals surface area contributed by atoms with Gasteiger partial charge < -0.3 is 10.1 Å². The van der Waals surface area contributed by atoms with Gasteiger partial charge in [0.15, 0.2) is 0 Å². The summed E-state index contributed by atoms with van der Waals surface area (Å²) < 4.78 is 7.59. The highest BCUT2D eigenvalue weighted by Crippen LogP contribution is 2.22. The van der Waals surface area contributed by atoms with Crippen molar-refractivity contribution in [1.82, 2.24) is 15.1 Å². The third-order valence-corrected chi connectivity index (χ3v) is 3.18. The molecular weight excluding hydrogens is 250 g/mol. The quantitative estimate of drug-likeness (QED) is 0.879. The minimum absolute atomic E-state index is 0.191. The molecule has 1 atom stereocenters. The Morgan fingerprint density at radius 1 is 1.35 bits per heavy atom. The molecule has 0 amide bonds. The number of rotatable bonds is 6. The Kier molecular flexibility index (Phi) is 4.79. The second-order valence-electron chi connectivity index (χ2n) is 5.31. The summed E-state index contributed by atoms with van der Waals surface area (Å²) in [6, 6.07) is 8.54. The Hall–Kier alpha value is -1.81. The molecule has 0 aliphatic heterocycles. The van der Waals surface area contributed by atoms with Crippen LogP contribution in [0.1, 0.15) is 31.0 Å². The zero-order chi connectivity index (χ0) is 14.5. The number of aromatic nitrogens is 2. The van der Waals surface area contributed by atoms with Crippen LogP contribution in [0.15, 0.2) is 36.7 Å². The van der Waals surface area contributed by atoms with Crippen LogP contribution >= 0.6 is 0 Å².